The molecule has 0 fully saturated rings. The van der Waals surface area contributed by atoms with E-state index < -0.39 is 5.82 Å². The molecule has 0 saturated heterocycles. The molecule has 1 aromatic carbocycles. The fraction of sp³-hybridized carbons (Fsp3) is 0.222. The summed E-state index contributed by atoms with van der Waals surface area (Å²) in [4.78, 5) is 18.6. The zero-order chi connectivity index (χ0) is 17.6. The lowest BCUT2D eigenvalue weighted by Gasteiger charge is -2.07. The highest BCUT2D eigenvalue weighted by Gasteiger charge is 2.08. The zero-order valence-electron chi connectivity index (χ0n) is 13.6. The number of thiophene rings is 1. The smallest absolute Gasteiger partial charge is 0.257 e. The molecule has 1 N–H and O–H groups in total. The molecule has 3 rings (SSSR count). The molecule has 3 aromatic rings. The molecule has 1 amide bonds. The number of nitrogens with one attached hydrogen (secondary N) is 1. The Morgan fingerprint density at radius 3 is 2.88 bits per heavy atom. The molecule has 0 aliphatic heterocycles. The maximum absolute atomic E-state index is 13.4. The first kappa shape index (κ1) is 17.6. The van der Waals surface area contributed by atoms with E-state index in [2.05, 4.69) is 22.4 Å². The minimum Gasteiger partial charge on any atom is -0.481 e. The highest BCUT2D eigenvalue weighted by Crippen LogP contribution is 2.29. The lowest BCUT2D eigenvalue weighted by molar-refractivity contribution is -0.123. The Hall–Kier alpha value is -2.25. The van der Waals surface area contributed by atoms with Crippen molar-refractivity contribution < 1.29 is 13.9 Å². The summed E-state index contributed by atoms with van der Waals surface area (Å²) in [5.74, 6) is -0.659. The number of halogens is 1. The van der Waals surface area contributed by atoms with Gasteiger partial charge in [0.25, 0.3) is 5.91 Å². The first-order chi connectivity index (χ1) is 12.1. The van der Waals surface area contributed by atoms with Gasteiger partial charge in [-0.1, -0.05) is 12.1 Å². The van der Waals surface area contributed by atoms with Gasteiger partial charge < -0.3 is 10.1 Å². The molecule has 0 unspecified atom stereocenters. The lowest BCUT2D eigenvalue weighted by Crippen LogP contribution is -2.30. The maximum atomic E-state index is 13.4. The van der Waals surface area contributed by atoms with Crippen molar-refractivity contribution in [3.05, 3.63) is 57.5 Å². The Bertz CT molecular complexity index is 860. The number of aromatic nitrogens is 1. The van der Waals surface area contributed by atoms with Crippen molar-refractivity contribution in [2.24, 2.45) is 0 Å². The van der Waals surface area contributed by atoms with Crippen LogP contribution in [0.5, 0.6) is 5.75 Å². The summed E-state index contributed by atoms with van der Waals surface area (Å²) in [5.41, 5.74) is 1.00. The normalized spacial score (nSPS) is 10.6. The third-order valence-corrected chi connectivity index (χ3v) is 5.36. The van der Waals surface area contributed by atoms with Gasteiger partial charge in [0, 0.05) is 16.8 Å². The Morgan fingerprint density at radius 2 is 2.12 bits per heavy atom. The second kappa shape index (κ2) is 8.22. The Morgan fingerprint density at radius 1 is 1.28 bits per heavy atom. The topological polar surface area (TPSA) is 51.2 Å². The number of hydrogen-bond acceptors (Lipinski definition) is 5. The van der Waals surface area contributed by atoms with Crippen molar-refractivity contribution in [3.63, 3.8) is 0 Å². The molecule has 0 saturated carbocycles. The molecule has 0 aliphatic carbocycles. The molecule has 2 heterocycles. The number of thiazole rings is 1. The predicted octanol–water partition coefficient (Wildman–Crippen LogP) is 4.06. The molecular formula is C18H17FN2O2S2. The Kier molecular flexibility index (Phi) is 5.78. The molecule has 130 valence electrons. The summed E-state index contributed by atoms with van der Waals surface area (Å²) in [6.45, 7) is 2.30. The van der Waals surface area contributed by atoms with E-state index in [1.807, 2.05) is 12.3 Å². The van der Waals surface area contributed by atoms with Crippen LogP contribution < -0.4 is 10.1 Å². The number of carbonyl (C=O) groups excluding carboxylic acids is 1. The van der Waals surface area contributed by atoms with Crippen LogP contribution in [0.2, 0.25) is 0 Å². The minimum atomic E-state index is -0.473. The van der Waals surface area contributed by atoms with Gasteiger partial charge in [-0.3, -0.25) is 4.79 Å². The van der Waals surface area contributed by atoms with Gasteiger partial charge in [0.05, 0.1) is 15.6 Å². The van der Waals surface area contributed by atoms with E-state index in [4.69, 9.17) is 4.74 Å². The zero-order valence-corrected chi connectivity index (χ0v) is 15.3. The molecule has 0 atom stereocenters. The molecule has 25 heavy (non-hydrogen) atoms. The number of aryl methyl sites for hydroxylation is 1. The van der Waals surface area contributed by atoms with Crippen molar-refractivity contribution in [1.82, 2.24) is 10.3 Å². The third-order valence-electron chi connectivity index (χ3n) is 3.42. The summed E-state index contributed by atoms with van der Waals surface area (Å²) >= 11 is 3.31. The fourth-order valence-corrected chi connectivity index (χ4v) is 3.86. The second-order valence-corrected chi connectivity index (χ2v) is 7.57. The maximum Gasteiger partial charge on any atom is 0.257 e. The van der Waals surface area contributed by atoms with Gasteiger partial charge in [0.2, 0.25) is 0 Å². The van der Waals surface area contributed by atoms with Gasteiger partial charge in [0.1, 0.15) is 0 Å². The number of benzene rings is 1. The molecule has 2 aromatic heterocycles. The summed E-state index contributed by atoms with van der Waals surface area (Å²) in [5, 5.41) is 5.88. The minimum absolute atomic E-state index is 0.0825. The number of amides is 1. The van der Waals surface area contributed by atoms with Gasteiger partial charge in [0.15, 0.2) is 18.2 Å². The Balaban J connectivity index is 1.43. The predicted molar refractivity (Wildman–Crippen MR) is 98.8 cm³/mol. The van der Waals surface area contributed by atoms with Crippen molar-refractivity contribution in [2.45, 2.75) is 13.3 Å². The SMILES string of the molecule is Cc1nc(-c2ccc(CCNC(=O)COc3ccccc3F)s2)cs1. The number of ether oxygens (including phenoxy) is 1. The molecule has 7 heteroatoms. The van der Waals surface area contributed by atoms with Gasteiger partial charge >= 0.3 is 0 Å². The monoisotopic (exact) mass is 376 g/mol. The van der Waals surface area contributed by atoms with Gasteiger partial charge in [-0.25, -0.2) is 9.37 Å². The number of rotatable bonds is 7. The lowest BCUT2D eigenvalue weighted by atomic mass is 10.3. The van der Waals surface area contributed by atoms with Crippen LogP contribution in [0.15, 0.2) is 41.8 Å². The second-order valence-electron chi connectivity index (χ2n) is 5.34. The van der Waals surface area contributed by atoms with Gasteiger partial charge in [-0.2, -0.15) is 0 Å². The van der Waals surface area contributed by atoms with E-state index in [1.54, 1.807) is 34.8 Å². The van der Waals surface area contributed by atoms with E-state index in [0.29, 0.717) is 6.54 Å². The largest absolute Gasteiger partial charge is 0.481 e. The molecule has 4 nitrogen and oxygen atoms in total. The van der Waals surface area contributed by atoms with Crippen LogP contribution in [0.4, 0.5) is 4.39 Å². The average Bonchev–Trinajstić information content (AvgIpc) is 3.23. The fourth-order valence-electron chi connectivity index (χ4n) is 2.21. The number of nitrogens with zero attached hydrogens (tertiary/aromatic N) is 1. The van der Waals surface area contributed by atoms with E-state index in [-0.39, 0.29) is 18.3 Å². The van der Waals surface area contributed by atoms with Gasteiger partial charge in [-0.15, -0.1) is 22.7 Å². The van der Waals surface area contributed by atoms with E-state index in [1.165, 1.54) is 17.0 Å². The summed E-state index contributed by atoms with van der Waals surface area (Å²) < 4.78 is 18.6. The van der Waals surface area contributed by atoms with Crippen LogP contribution in [0, 0.1) is 12.7 Å². The number of hydrogen-bond donors (Lipinski definition) is 1. The van der Waals surface area contributed by atoms with Gasteiger partial charge in [-0.05, 0) is 37.6 Å². The summed E-state index contributed by atoms with van der Waals surface area (Å²) in [7, 11) is 0. The molecule has 0 radical (unpaired) electrons. The van der Waals surface area contributed by atoms with Crippen LogP contribution in [0.25, 0.3) is 10.6 Å². The van der Waals surface area contributed by atoms with Crippen LogP contribution >= 0.6 is 22.7 Å². The highest BCUT2D eigenvalue weighted by molar-refractivity contribution is 7.16. The average molecular weight is 376 g/mol. The van der Waals surface area contributed by atoms with Crippen molar-refractivity contribution >= 4 is 28.6 Å². The molecule has 0 bridgehead atoms. The molecule has 0 spiro atoms. The summed E-state index contributed by atoms with van der Waals surface area (Å²) in [6, 6.07) is 10.1. The van der Waals surface area contributed by atoms with E-state index >= 15 is 0 Å². The summed E-state index contributed by atoms with van der Waals surface area (Å²) in [6.07, 6.45) is 0.735. The molecule has 0 aliphatic rings. The van der Waals surface area contributed by atoms with Crippen molar-refractivity contribution in [2.75, 3.05) is 13.2 Å². The highest BCUT2D eigenvalue weighted by atomic mass is 32.1. The first-order valence-electron chi connectivity index (χ1n) is 7.77. The van der Waals surface area contributed by atoms with Crippen LogP contribution in [0.3, 0.4) is 0 Å². The van der Waals surface area contributed by atoms with Crippen molar-refractivity contribution in [1.29, 1.82) is 0 Å². The van der Waals surface area contributed by atoms with Crippen LogP contribution in [-0.2, 0) is 11.2 Å². The van der Waals surface area contributed by atoms with Crippen LogP contribution in [-0.4, -0.2) is 24.0 Å². The number of carbonyl (C=O) groups is 1. The third kappa shape index (κ3) is 4.87. The molecular weight excluding hydrogens is 359 g/mol. The van der Waals surface area contributed by atoms with E-state index in [0.717, 1.165) is 22.0 Å². The first-order valence-corrected chi connectivity index (χ1v) is 9.46. The Labute approximate surface area is 153 Å². The number of para-hydroxylation sites is 1. The standard InChI is InChI=1S/C18H17FN2O2S2/c1-12-21-15(11-24-12)17-7-6-13(25-17)8-9-20-18(22)10-23-16-5-3-2-4-14(16)19/h2-7,11H,8-10H2,1H3,(H,20,22). The van der Waals surface area contributed by atoms with Crippen molar-refractivity contribution in [3.8, 4) is 16.3 Å². The quantitative estimate of drug-likeness (QED) is 0.677. The van der Waals surface area contributed by atoms with Crippen LogP contribution in [0.1, 0.15) is 9.88 Å². The van der Waals surface area contributed by atoms with E-state index in [9.17, 15) is 9.18 Å².